The number of amides is 1. The molecular formula is C25H51NO4. The molecule has 3 N–H and O–H groups in total. The lowest BCUT2D eigenvalue weighted by Gasteiger charge is -2.30. The summed E-state index contributed by atoms with van der Waals surface area (Å²) in [5.74, 6) is -3.35. The Hall–Kier alpha value is -0.650. The lowest BCUT2D eigenvalue weighted by molar-refractivity contribution is -0.360. The van der Waals surface area contributed by atoms with Crippen LogP contribution in [0.1, 0.15) is 129 Å². The molecule has 0 aromatic carbocycles. The van der Waals surface area contributed by atoms with Crippen LogP contribution in [-0.2, 0) is 14.3 Å². The summed E-state index contributed by atoms with van der Waals surface area (Å²) in [6.45, 7) is 2.28. The third-order valence-electron chi connectivity index (χ3n) is 6.22. The Morgan fingerprint density at radius 3 is 1.27 bits per heavy atom. The van der Waals surface area contributed by atoms with E-state index < -0.39 is 17.8 Å². The van der Waals surface area contributed by atoms with Gasteiger partial charge in [-0.05, 0) is 6.42 Å². The van der Waals surface area contributed by atoms with E-state index in [4.69, 9.17) is 15.2 Å². The Morgan fingerprint density at radius 2 is 1.00 bits per heavy atom. The molecule has 0 bridgehead atoms. The Kier molecular flexibility index (Phi) is 19.8. The molecular weight excluding hydrogens is 378 g/mol. The van der Waals surface area contributed by atoms with Crippen molar-refractivity contribution in [3.8, 4) is 0 Å². The molecule has 0 aromatic heterocycles. The van der Waals surface area contributed by atoms with Crippen LogP contribution in [0.25, 0.3) is 0 Å². The second-order valence-corrected chi connectivity index (χ2v) is 8.79. The SMILES string of the molecule is CCCCCCCCCCCCCCCCCCCCC(C(N)=O)C(O)(OC)OC. The smallest absolute Gasteiger partial charge is 0.292 e. The molecule has 0 aliphatic heterocycles. The number of hydrogen-bond donors (Lipinski definition) is 2. The van der Waals surface area contributed by atoms with Crippen molar-refractivity contribution in [1.29, 1.82) is 0 Å². The van der Waals surface area contributed by atoms with E-state index >= 15 is 0 Å². The third-order valence-corrected chi connectivity index (χ3v) is 6.22. The van der Waals surface area contributed by atoms with Crippen LogP contribution >= 0.6 is 0 Å². The predicted molar refractivity (Wildman–Crippen MR) is 125 cm³/mol. The van der Waals surface area contributed by atoms with E-state index in [1.54, 1.807) is 0 Å². The fourth-order valence-corrected chi connectivity index (χ4v) is 4.12. The lowest BCUT2D eigenvalue weighted by atomic mass is 9.97. The van der Waals surface area contributed by atoms with Gasteiger partial charge in [0.2, 0.25) is 5.91 Å². The Labute approximate surface area is 186 Å². The second-order valence-electron chi connectivity index (χ2n) is 8.79. The van der Waals surface area contributed by atoms with Crippen LogP contribution in [0.4, 0.5) is 0 Å². The van der Waals surface area contributed by atoms with E-state index in [0.717, 1.165) is 19.3 Å². The van der Waals surface area contributed by atoms with Crippen molar-refractivity contribution >= 4 is 5.91 Å². The predicted octanol–water partition coefficient (Wildman–Crippen LogP) is 6.46. The van der Waals surface area contributed by atoms with Crippen molar-refractivity contribution in [2.45, 2.75) is 135 Å². The first-order valence-corrected chi connectivity index (χ1v) is 12.6. The van der Waals surface area contributed by atoms with Gasteiger partial charge in [-0.2, -0.15) is 0 Å². The van der Waals surface area contributed by atoms with E-state index in [9.17, 15) is 9.90 Å². The van der Waals surface area contributed by atoms with Gasteiger partial charge in [0, 0.05) is 14.2 Å². The van der Waals surface area contributed by atoms with Gasteiger partial charge in [0.25, 0.3) is 5.97 Å². The van der Waals surface area contributed by atoms with Gasteiger partial charge in [-0.15, -0.1) is 0 Å². The van der Waals surface area contributed by atoms with E-state index in [2.05, 4.69) is 6.92 Å². The van der Waals surface area contributed by atoms with Crippen LogP contribution in [0.15, 0.2) is 0 Å². The highest BCUT2D eigenvalue weighted by Gasteiger charge is 2.41. The molecule has 5 nitrogen and oxygen atoms in total. The zero-order chi connectivity index (χ0) is 22.5. The number of carbonyl (C=O) groups is 1. The summed E-state index contributed by atoms with van der Waals surface area (Å²) < 4.78 is 9.86. The first-order valence-electron chi connectivity index (χ1n) is 12.6. The fourth-order valence-electron chi connectivity index (χ4n) is 4.12. The lowest BCUT2D eigenvalue weighted by Crippen LogP contribution is -2.48. The van der Waals surface area contributed by atoms with Gasteiger partial charge < -0.3 is 20.3 Å². The van der Waals surface area contributed by atoms with Crippen molar-refractivity contribution in [2.24, 2.45) is 11.7 Å². The van der Waals surface area contributed by atoms with Crippen LogP contribution in [-0.4, -0.2) is 31.2 Å². The van der Waals surface area contributed by atoms with Crippen molar-refractivity contribution in [1.82, 2.24) is 0 Å². The molecule has 0 aliphatic carbocycles. The van der Waals surface area contributed by atoms with Crippen molar-refractivity contribution in [2.75, 3.05) is 14.2 Å². The Bertz CT molecular complexity index is 385. The fraction of sp³-hybridized carbons (Fsp3) is 0.960. The monoisotopic (exact) mass is 429 g/mol. The summed E-state index contributed by atoms with van der Waals surface area (Å²) in [6, 6.07) is 0. The first kappa shape index (κ1) is 29.4. The minimum absolute atomic E-state index is 0.478. The number of unbranched alkanes of at least 4 members (excludes halogenated alkanes) is 17. The highest BCUT2D eigenvalue weighted by Crippen LogP contribution is 2.25. The number of rotatable bonds is 23. The van der Waals surface area contributed by atoms with Gasteiger partial charge >= 0.3 is 0 Å². The van der Waals surface area contributed by atoms with Crippen molar-refractivity contribution in [3.05, 3.63) is 0 Å². The maximum absolute atomic E-state index is 11.6. The second kappa shape index (κ2) is 20.3. The number of nitrogens with two attached hydrogens (primary N) is 1. The van der Waals surface area contributed by atoms with E-state index in [0.29, 0.717) is 6.42 Å². The van der Waals surface area contributed by atoms with Gasteiger partial charge in [-0.3, -0.25) is 4.79 Å². The van der Waals surface area contributed by atoms with Gasteiger partial charge in [-0.1, -0.05) is 122 Å². The van der Waals surface area contributed by atoms with Crippen molar-refractivity contribution in [3.63, 3.8) is 0 Å². The zero-order valence-electron chi connectivity index (χ0n) is 20.3. The van der Waals surface area contributed by atoms with E-state index in [1.807, 2.05) is 0 Å². The van der Waals surface area contributed by atoms with Crippen LogP contribution in [0, 0.1) is 5.92 Å². The Balaban J connectivity index is 3.43. The molecule has 1 unspecified atom stereocenters. The molecule has 1 amide bonds. The van der Waals surface area contributed by atoms with E-state index in [1.165, 1.54) is 111 Å². The van der Waals surface area contributed by atoms with E-state index in [-0.39, 0.29) is 0 Å². The molecule has 0 aliphatic rings. The first-order chi connectivity index (χ1) is 14.5. The number of hydrogen-bond acceptors (Lipinski definition) is 4. The van der Waals surface area contributed by atoms with Crippen LogP contribution in [0.3, 0.4) is 0 Å². The van der Waals surface area contributed by atoms with Crippen LogP contribution in [0.5, 0.6) is 0 Å². The molecule has 1 atom stereocenters. The molecule has 0 spiro atoms. The largest absolute Gasteiger partial charge is 0.369 e. The molecule has 30 heavy (non-hydrogen) atoms. The third kappa shape index (κ3) is 15.2. The number of carbonyl (C=O) groups excluding carboxylic acids is 1. The van der Waals surface area contributed by atoms with Crippen LogP contribution in [0.2, 0.25) is 0 Å². The topological polar surface area (TPSA) is 81.8 Å². The average Bonchev–Trinajstić information content (AvgIpc) is 2.74. The molecule has 0 radical (unpaired) electrons. The van der Waals surface area contributed by atoms with Crippen molar-refractivity contribution < 1.29 is 19.4 Å². The van der Waals surface area contributed by atoms with Gasteiger partial charge in [-0.25, -0.2) is 0 Å². The summed E-state index contributed by atoms with van der Waals surface area (Å²) in [4.78, 5) is 11.6. The minimum Gasteiger partial charge on any atom is -0.369 e. The average molecular weight is 430 g/mol. The Morgan fingerprint density at radius 1 is 0.700 bits per heavy atom. The van der Waals surface area contributed by atoms with Gasteiger partial charge in [0.05, 0.1) is 0 Å². The summed E-state index contributed by atoms with van der Waals surface area (Å²) in [5, 5.41) is 10.2. The number of primary amides is 1. The number of aliphatic hydroxyl groups is 1. The molecule has 0 aromatic rings. The normalized spacial score (nSPS) is 12.9. The van der Waals surface area contributed by atoms with Gasteiger partial charge in [0.1, 0.15) is 5.92 Å². The highest BCUT2D eigenvalue weighted by atomic mass is 16.8. The summed E-state index contributed by atoms with van der Waals surface area (Å²) in [7, 11) is 2.63. The summed E-state index contributed by atoms with van der Waals surface area (Å²) in [6.07, 6.45) is 24.2. The molecule has 0 rings (SSSR count). The minimum atomic E-state index is -1.92. The highest BCUT2D eigenvalue weighted by molar-refractivity contribution is 5.77. The van der Waals surface area contributed by atoms with Gasteiger partial charge in [0.15, 0.2) is 0 Å². The quantitative estimate of drug-likeness (QED) is 0.144. The molecule has 0 saturated carbocycles. The number of methoxy groups -OCH3 is 2. The standard InChI is InChI=1S/C25H51NO4/c1-4-5-6-7-8-9-10-11-12-13-14-15-16-17-18-19-20-21-22-23(24(26)27)25(28,29-2)30-3/h23,28H,4-22H2,1-3H3,(H2,26,27). The molecule has 5 heteroatoms. The van der Waals surface area contributed by atoms with Crippen LogP contribution < -0.4 is 5.73 Å². The molecule has 180 valence electrons. The molecule has 0 saturated heterocycles. The summed E-state index contributed by atoms with van der Waals surface area (Å²) >= 11 is 0. The molecule has 0 heterocycles. The number of ether oxygens (including phenoxy) is 2. The zero-order valence-corrected chi connectivity index (χ0v) is 20.3. The summed E-state index contributed by atoms with van der Waals surface area (Å²) in [5.41, 5.74) is 5.39. The molecule has 0 fully saturated rings. The maximum Gasteiger partial charge on any atom is 0.292 e. The maximum atomic E-state index is 11.6.